The molecule has 3 nitrogen and oxygen atoms in total. The normalized spacial score (nSPS) is 14.4. The number of alkyl halides is 3. The average Bonchev–Trinajstić information content (AvgIpc) is 2.38. The van der Waals surface area contributed by atoms with E-state index >= 15 is 0 Å². The Morgan fingerprint density at radius 3 is 2.36 bits per heavy atom. The van der Waals surface area contributed by atoms with Gasteiger partial charge in [0, 0.05) is 23.3 Å². The summed E-state index contributed by atoms with van der Waals surface area (Å²) in [5, 5.41) is 0.524. The van der Waals surface area contributed by atoms with Crippen LogP contribution in [0.1, 0.15) is 31.4 Å². The van der Waals surface area contributed by atoms with Crippen molar-refractivity contribution >= 4 is 63.4 Å². The topological polar surface area (TPSA) is 35.5 Å². The highest BCUT2D eigenvalue weighted by molar-refractivity contribution is 14.1. The number of ether oxygens (including phenoxy) is 2. The fourth-order valence-corrected chi connectivity index (χ4v) is 3.76. The van der Waals surface area contributed by atoms with Crippen LogP contribution < -0.4 is 4.74 Å². The molecule has 0 aliphatic carbocycles. The first-order valence-electron chi connectivity index (χ1n) is 6.52. The molecule has 0 fully saturated rings. The average molecular weight is 480 g/mol. The molecule has 1 rings (SSSR count). The van der Waals surface area contributed by atoms with Crippen LogP contribution in [0.5, 0.6) is 5.75 Å². The highest BCUT2D eigenvalue weighted by atomic mass is 127. The van der Waals surface area contributed by atoms with Crippen LogP contribution in [0.3, 0.4) is 0 Å². The molecule has 0 bridgehead atoms. The smallest absolute Gasteiger partial charge is 0.303 e. The summed E-state index contributed by atoms with van der Waals surface area (Å²) in [7, 11) is 1.54. The standard InChI is InChI=1S/C15H18Cl3IO3/c1-9-5-11(6-12(21-4)13(9)16)15(8-19,22-10(2)20)7-14(3,17)18/h5-6H,7-8H2,1-4H3. The molecule has 1 atom stereocenters. The molecule has 1 aromatic carbocycles. The van der Waals surface area contributed by atoms with Gasteiger partial charge in [0.15, 0.2) is 0 Å². The summed E-state index contributed by atoms with van der Waals surface area (Å²) < 4.78 is 10.4. The van der Waals surface area contributed by atoms with Crippen molar-refractivity contribution in [2.75, 3.05) is 11.5 Å². The summed E-state index contributed by atoms with van der Waals surface area (Å²) in [6.45, 7) is 4.89. The maximum Gasteiger partial charge on any atom is 0.303 e. The summed E-state index contributed by atoms with van der Waals surface area (Å²) in [4.78, 5) is 11.6. The predicted molar refractivity (Wildman–Crippen MR) is 99.8 cm³/mol. The van der Waals surface area contributed by atoms with Crippen LogP contribution >= 0.6 is 57.4 Å². The van der Waals surface area contributed by atoms with Gasteiger partial charge in [-0.3, -0.25) is 4.79 Å². The van der Waals surface area contributed by atoms with Crippen molar-refractivity contribution in [3.05, 3.63) is 28.3 Å². The minimum absolute atomic E-state index is 0.246. The van der Waals surface area contributed by atoms with Gasteiger partial charge in [0.2, 0.25) is 0 Å². The fraction of sp³-hybridized carbons (Fsp3) is 0.533. The van der Waals surface area contributed by atoms with Crippen LogP contribution in [0.2, 0.25) is 5.02 Å². The minimum Gasteiger partial charge on any atom is -0.495 e. The first-order valence-corrected chi connectivity index (χ1v) is 9.18. The van der Waals surface area contributed by atoms with Crippen molar-refractivity contribution in [3.63, 3.8) is 0 Å². The van der Waals surface area contributed by atoms with Gasteiger partial charge in [-0.2, -0.15) is 0 Å². The first-order chi connectivity index (χ1) is 10.0. The third-order valence-corrected chi connectivity index (χ3v) is 5.10. The predicted octanol–water partition coefficient (Wildman–Crippen LogP) is 5.43. The van der Waals surface area contributed by atoms with Gasteiger partial charge in [-0.25, -0.2) is 0 Å². The highest BCUT2D eigenvalue weighted by Gasteiger charge is 2.41. The lowest BCUT2D eigenvalue weighted by atomic mass is 9.89. The molecular weight excluding hydrogens is 461 g/mol. The number of carbonyl (C=O) groups is 1. The molecule has 0 heterocycles. The molecule has 0 saturated carbocycles. The van der Waals surface area contributed by atoms with Crippen molar-refractivity contribution in [1.82, 2.24) is 0 Å². The van der Waals surface area contributed by atoms with Gasteiger partial charge < -0.3 is 9.47 Å². The Kier molecular flexibility index (Phi) is 7.12. The van der Waals surface area contributed by atoms with Crippen LogP contribution in [-0.2, 0) is 15.1 Å². The summed E-state index contributed by atoms with van der Waals surface area (Å²) in [6, 6.07) is 3.63. The van der Waals surface area contributed by atoms with Crippen LogP contribution in [0, 0.1) is 6.92 Å². The van der Waals surface area contributed by atoms with Crippen LogP contribution in [-0.4, -0.2) is 21.8 Å². The van der Waals surface area contributed by atoms with Gasteiger partial charge in [0.1, 0.15) is 15.7 Å². The van der Waals surface area contributed by atoms with E-state index in [-0.39, 0.29) is 6.42 Å². The summed E-state index contributed by atoms with van der Waals surface area (Å²) >= 11 is 20.7. The Hall–Kier alpha value is 0.0900. The van der Waals surface area contributed by atoms with E-state index in [1.165, 1.54) is 14.0 Å². The molecule has 0 N–H and O–H groups in total. The molecule has 1 unspecified atom stereocenters. The zero-order valence-electron chi connectivity index (χ0n) is 12.8. The van der Waals surface area contributed by atoms with E-state index < -0.39 is 15.9 Å². The van der Waals surface area contributed by atoms with E-state index in [9.17, 15) is 4.79 Å². The molecule has 124 valence electrons. The second-order valence-electron chi connectivity index (χ2n) is 5.28. The molecule has 0 aliphatic rings. The monoisotopic (exact) mass is 478 g/mol. The molecule has 1 aromatic rings. The summed E-state index contributed by atoms with van der Waals surface area (Å²) in [5.41, 5.74) is 0.624. The number of rotatable bonds is 6. The number of methoxy groups -OCH3 is 1. The van der Waals surface area contributed by atoms with Gasteiger partial charge in [-0.1, -0.05) is 40.3 Å². The van der Waals surface area contributed by atoms with Crippen LogP contribution in [0.25, 0.3) is 0 Å². The number of hydrogen-bond acceptors (Lipinski definition) is 3. The van der Waals surface area contributed by atoms with Gasteiger partial charge in [-0.05, 0) is 25.5 Å². The number of aryl methyl sites for hydroxylation is 1. The zero-order chi connectivity index (χ0) is 17.1. The van der Waals surface area contributed by atoms with Crippen LogP contribution in [0.4, 0.5) is 0 Å². The van der Waals surface area contributed by atoms with E-state index in [1.54, 1.807) is 13.0 Å². The Labute approximate surface area is 159 Å². The fourth-order valence-electron chi connectivity index (χ4n) is 2.27. The van der Waals surface area contributed by atoms with Gasteiger partial charge >= 0.3 is 5.97 Å². The van der Waals surface area contributed by atoms with Crippen LogP contribution in [0.15, 0.2) is 12.1 Å². The molecule has 22 heavy (non-hydrogen) atoms. The lowest BCUT2D eigenvalue weighted by molar-refractivity contribution is -0.156. The Morgan fingerprint density at radius 2 is 1.95 bits per heavy atom. The number of benzene rings is 1. The molecule has 0 aliphatic heterocycles. The highest BCUT2D eigenvalue weighted by Crippen LogP contribution is 2.43. The number of esters is 1. The van der Waals surface area contributed by atoms with E-state index in [0.717, 1.165) is 11.1 Å². The van der Waals surface area contributed by atoms with Crippen molar-refractivity contribution in [3.8, 4) is 5.75 Å². The quantitative estimate of drug-likeness (QED) is 0.310. The molecule has 0 saturated heterocycles. The molecule has 7 heteroatoms. The molecule has 0 aromatic heterocycles. The minimum atomic E-state index is -1.05. The SMILES string of the molecule is COc1cc(C(CI)(CC(C)(Cl)Cl)OC(C)=O)cc(C)c1Cl. The largest absolute Gasteiger partial charge is 0.495 e. The number of hydrogen-bond donors (Lipinski definition) is 0. The van der Waals surface area contributed by atoms with Crippen molar-refractivity contribution in [2.45, 2.75) is 37.1 Å². The molecule has 0 amide bonds. The van der Waals surface area contributed by atoms with Crippen molar-refractivity contribution in [2.24, 2.45) is 0 Å². The lowest BCUT2D eigenvalue weighted by Crippen LogP contribution is -2.38. The maximum atomic E-state index is 11.6. The summed E-state index contributed by atoms with van der Waals surface area (Å²) in [5.74, 6) is 0.115. The Morgan fingerprint density at radius 1 is 1.36 bits per heavy atom. The number of carbonyl (C=O) groups excluding carboxylic acids is 1. The van der Waals surface area contributed by atoms with E-state index in [2.05, 4.69) is 22.6 Å². The first kappa shape index (κ1) is 20.1. The third kappa shape index (κ3) is 5.05. The van der Waals surface area contributed by atoms with Crippen molar-refractivity contribution < 1.29 is 14.3 Å². The van der Waals surface area contributed by atoms with Gasteiger partial charge in [-0.15, -0.1) is 23.2 Å². The molecule has 0 radical (unpaired) electrons. The lowest BCUT2D eigenvalue weighted by Gasteiger charge is -2.35. The second kappa shape index (κ2) is 7.77. The van der Waals surface area contributed by atoms with E-state index in [4.69, 9.17) is 44.3 Å². The van der Waals surface area contributed by atoms with E-state index in [1.807, 2.05) is 13.0 Å². The number of halogens is 4. The third-order valence-electron chi connectivity index (χ3n) is 3.12. The van der Waals surface area contributed by atoms with E-state index in [0.29, 0.717) is 15.2 Å². The van der Waals surface area contributed by atoms with Crippen molar-refractivity contribution in [1.29, 1.82) is 0 Å². The van der Waals surface area contributed by atoms with Gasteiger partial charge in [0.05, 0.1) is 12.1 Å². The zero-order valence-corrected chi connectivity index (χ0v) is 17.2. The second-order valence-corrected chi connectivity index (χ2v) is 8.28. The Bertz CT molecular complexity index is 558. The molecule has 0 spiro atoms. The maximum absolute atomic E-state index is 11.6. The summed E-state index contributed by atoms with van der Waals surface area (Å²) in [6.07, 6.45) is 0.246. The molecular formula is C15H18Cl3IO3. The van der Waals surface area contributed by atoms with Gasteiger partial charge in [0.25, 0.3) is 0 Å². The Balaban J connectivity index is 3.49.